The Bertz CT molecular complexity index is 1360. The van der Waals surface area contributed by atoms with Crippen molar-refractivity contribution in [3.05, 3.63) is 102 Å². The molecular weight excluding hydrogens is 447 g/mol. The smallest absolute Gasteiger partial charge is 0.358 e. The van der Waals surface area contributed by atoms with Gasteiger partial charge in [-0.15, -0.1) is 0 Å². The molecule has 1 amide bonds. The first-order chi connectivity index (χ1) is 16.4. The zero-order valence-corrected chi connectivity index (χ0v) is 17.9. The normalized spacial score (nSPS) is 10.7. The molecule has 0 aliphatic heterocycles. The van der Waals surface area contributed by atoms with Crippen LogP contribution < -0.4 is 5.32 Å². The lowest BCUT2D eigenvalue weighted by Crippen LogP contribution is -2.15. The molecule has 0 fully saturated rings. The Morgan fingerprint density at radius 2 is 1.59 bits per heavy atom. The second-order valence-electron chi connectivity index (χ2n) is 7.13. The molecule has 1 aromatic heterocycles. The minimum absolute atomic E-state index is 0.0389. The highest BCUT2D eigenvalue weighted by atomic mass is 19.1. The zero-order valence-electron chi connectivity index (χ0n) is 17.9. The fourth-order valence-corrected chi connectivity index (χ4v) is 3.36. The Kier molecular flexibility index (Phi) is 6.44. The van der Waals surface area contributed by atoms with Gasteiger partial charge in [0, 0.05) is 11.3 Å². The zero-order chi connectivity index (χ0) is 24.2. The van der Waals surface area contributed by atoms with Crippen LogP contribution in [0.4, 0.5) is 18.9 Å². The van der Waals surface area contributed by atoms with Crippen LogP contribution in [0.2, 0.25) is 0 Å². The molecule has 0 aliphatic rings. The topological polar surface area (TPSA) is 73.2 Å². The van der Waals surface area contributed by atoms with E-state index in [4.69, 9.17) is 4.74 Å². The lowest BCUT2D eigenvalue weighted by molar-refractivity contribution is 0.0518. The molecule has 0 unspecified atom stereocenters. The van der Waals surface area contributed by atoms with Crippen LogP contribution in [-0.4, -0.2) is 28.3 Å². The van der Waals surface area contributed by atoms with Crippen LogP contribution in [0, 0.1) is 17.5 Å². The number of anilines is 1. The fraction of sp³-hybridized carbons (Fsp3) is 0.0800. The van der Waals surface area contributed by atoms with Crippen LogP contribution in [-0.2, 0) is 4.74 Å². The van der Waals surface area contributed by atoms with Crippen molar-refractivity contribution in [3.8, 4) is 16.9 Å². The molecular formula is C25H18F3N3O3. The van der Waals surface area contributed by atoms with Gasteiger partial charge in [-0.05, 0) is 49.4 Å². The quantitative estimate of drug-likeness (QED) is 0.388. The predicted octanol–water partition coefficient (Wildman–Crippen LogP) is 5.39. The average molecular weight is 465 g/mol. The molecule has 3 aromatic carbocycles. The van der Waals surface area contributed by atoms with E-state index in [0.29, 0.717) is 11.3 Å². The first-order valence-corrected chi connectivity index (χ1v) is 10.3. The van der Waals surface area contributed by atoms with Gasteiger partial charge in [0.25, 0.3) is 5.91 Å². The van der Waals surface area contributed by atoms with E-state index in [2.05, 4.69) is 10.4 Å². The Morgan fingerprint density at radius 1 is 0.912 bits per heavy atom. The fourth-order valence-electron chi connectivity index (χ4n) is 3.36. The number of aromatic nitrogens is 2. The molecule has 0 radical (unpaired) electrons. The van der Waals surface area contributed by atoms with Crippen molar-refractivity contribution in [3.63, 3.8) is 0 Å². The molecule has 34 heavy (non-hydrogen) atoms. The molecule has 4 aromatic rings. The molecule has 0 aliphatic carbocycles. The molecule has 0 saturated carbocycles. The Morgan fingerprint density at radius 3 is 2.29 bits per heavy atom. The van der Waals surface area contributed by atoms with Gasteiger partial charge in [0.15, 0.2) is 5.69 Å². The van der Waals surface area contributed by atoms with Crippen LogP contribution in [0.3, 0.4) is 0 Å². The van der Waals surface area contributed by atoms with Crippen LogP contribution in [0.1, 0.15) is 27.8 Å². The second kappa shape index (κ2) is 9.62. The summed E-state index contributed by atoms with van der Waals surface area (Å²) in [5.74, 6) is -4.21. The van der Waals surface area contributed by atoms with E-state index in [0.717, 1.165) is 18.2 Å². The van der Waals surface area contributed by atoms with Gasteiger partial charge in [0.05, 0.1) is 12.3 Å². The summed E-state index contributed by atoms with van der Waals surface area (Å²) in [4.78, 5) is 24.8. The maximum Gasteiger partial charge on any atom is 0.358 e. The number of nitrogens with one attached hydrogen (secondary N) is 1. The SMILES string of the molecule is CCOC(=O)c1cc(-c2cccc(NC(=O)c3c(F)cccc3F)c2)n(-c2ccccc2F)n1. The van der Waals surface area contributed by atoms with E-state index in [1.807, 2.05) is 0 Å². The first-order valence-electron chi connectivity index (χ1n) is 10.3. The number of hydrogen-bond donors (Lipinski definition) is 1. The molecule has 0 saturated heterocycles. The summed E-state index contributed by atoms with van der Waals surface area (Å²) in [6.07, 6.45) is 0. The van der Waals surface area contributed by atoms with Crippen molar-refractivity contribution in [1.82, 2.24) is 9.78 Å². The van der Waals surface area contributed by atoms with Gasteiger partial charge in [0.2, 0.25) is 0 Å². The number of para-hydroxylation sites is 1. The molecule has 0 atom stereocenters. The van der Waals surface area contributed by atoms with E-state index in [9.17, 15) is 22.8 Å². The monoisotopic (exact) mass is 465 g/mol. The summed E-state index contributed by atoms with van der Waals surface area (Å²) in [5, 5.41) is 6.67. The van der Waals surface area contributed by atoms with Crippen LogP contribution >= 0.6 is 0 Å². The lowest BCUT2D eigenvalue weighted by Gasteiger charge is -2.11. The number of halogens is 3. The molecule has 0 bridgehead atoms. The minimum atomic E-state index is -0.995. The summed E-state index contributed by atoms with van der Waals surface area (Å²) in [5.41, 5.74) is 0.358. The van der Waals surface area contributed by atoms with Gasteiger partial charge in [0.1, 0.15) is 28.7 Å². The van der Waals surface area contributed by atoms with E-state index in [1.54, 1.807) is 25.1 Å². The maximum atomic E-state index is 14.5. The van der Waals surface area contributed by atoms with Gasteiger partial charge in [-0.1, -0.05) is 30.3 Å². The minimum Gasteiger partial charge on any atom is -0.461 e. The second-order valence-corrected chi connectivity index (χ2v) is 7.13. The van der Waals surface area contributed by atoms with Gasteiger partial charge in [-0.3, -0.25) is 4.79 Å². The van der Waals surface area contributed by atoms with Crippen molar-refractivity contribution in [2.24, 2.45) is 0 Å². The number of carbonyl (C=O) groups excluding carboxylic acids is 2. The van der Waals surface area contributed by atoms with Crippen molar-refractivity contribution < 1.29 is 27.5 Å². The third-order valence-electron chi connectivity index (χ3n) is 4.88. The van der Waals surface area contributed by atoms with Crippen molar-refractivity contribution in [2.45, 2.75) is 6.92 Å². The summed E-state index contributed by atoms with van der Waals surface area (Å²) in [7, 11) is 0. The largest absolute Gasteiger partial charge is 0.461 e. The number of ether oxygens (including phenoxy) is 1. The standard InChI is InChI=1S/C25H18F3N3O3/c1-2-34-25(33)20-14-22(31(30-20)21-12-4-3-9-17(21)26)15-7-5-8-16(13-15)29-24(32)23-18(27)10-6-11-19(23)28/h3-14H,2H2,1H3,(H,29,32). The first kappa shape index (κ1) is 22.8. The number of hydrogen-bond acceptors (Lipinski definition) is 4. The number of nitrogens with zero attached hydrogens (tertiary/aromatic N) is 2. The molecule has 1 N–H and O–H groups in total. The van der Waals surface area contributed by atoms with Gasteiger partial charge in [-0.25, -0.2) is 22.6 Å². The van der Waals surface area contributed by atoms with Crippen molar-refractivity contribution in [1.29, 1.82) is 0 Å². The summed E-state index contributed by atoms with van der Waals surface area (Å²) >= 11 is 0. The summed E-state index contributed by atoms with van der Waals surface area (Å²) < 4.78 is 48.7. The molecule has 9 heteroatoms. The summed E-state index contributed by atoms with van der Waals surface area (Å²) in [6, 6.07) is 16.7. The Labute approximate surface area is 192 Å². The van der Waals surface area contributed by atoms with Crippen molar-refractivity contribution >= 4 is 17.6 Å². The van der Waals surface area contributed by atoms with Gasteiger partial charge < -0.3 is 10.1 Å². The summed E-state index contributed by atoms with van der Waals surface area (Å²) in [6.45, 7) is 1.78. The number of carbonyl (C=O) groups is 2. The third-order valence-corrected chi connectivity index (χ3v) is 4.88. The number of rotatable bonds is 6. The predicted molar refractivity (Wildman–Crippen MR) is 119 cm³/mol. The third kappa shape index (κ3) is 4.54. The number of benzene rings is 3. The molecule has 0 spiro atoms. The van der Waals surface area contributed by atoms with Crippen LogP contribution in [0.5, 0.6) is 0 Å². The van der Waals surface area contributed by atoms with E-state index < -0.39 is 34.9 Å². The van der Waals surface area contributed by atoms with E-state index in [-0.39, 0.29) is 23.7 Å². The van der Waals surface area contributed by atoms with Gasteiger partial charge in [-0.2, -0.15) is 5.10 Å². The highest BCUT2D eigenvalue weighted by molar-refractivity contribution is 6.05. The molecule has 4 rings (SSSR count). The molecule has 172 valence electrons. The lowest BCUT2D eigenvalue weighted by atomic mass is 10.1. The van der Waals surface area contributed by atoms with Crippen LogP contribution in [0.15, 0.2) is 72.8 Å². The van der Waals surface area contributed by atoms with Crippen LogP contribution in [0.25, 0.3) is 16.9 Å². The highest BCUT2D eigenvalue weighted by Crippen LogP contribution is 2.28. The molecule has 6 nitrogen and oxygen atoms in total. The van der Waals surface area contributed by atoms with Gasteiger partial charge >= 0.3 is 5.97 Å². The van der Waals surface area contributed by atoms with E-state index >= 15 is 0 Å². The van der Waals surface area contributed by atoms with E-state index in [1.165, 1.54) is 41.1 Å². The number of amides is 1. The Hall–Kier alpha value is -4.40. The Balaban J connectivity index is 1.75. The maximum absolute atomic E-state index is 14.5. The average Bonchev–Trinajstić information content (AvgIpc) is 3.25. The van der Waals surface area contributed by atoms with Crippen molar-refractivity contribution in [2.75, 3.05) is 11.9 Å². The highest BCUT2D eigenvalue weighted by Gasteiger charge is 2.21. The number of esters is 1. The molecule has 1 heterocycles.